The first-order valence-electron chi connectivity index (χ1n) is 10.6. The number of ether oxygens (including phenoxy) is 1. The highest BCUT2D eigenvalue weighted by atomic mass is 19.4. The van der Waals surface area contributed by atoms with Gasteiger partial charge in [-0.25, -0.2) is 0 Å². The van der Waals surface area contributed by atoms with Crippen LogP contribution in [-0.2, 0) is 11.0 Å². The van der Waals surface area contributed by atoms with E-state index >= 15 is 0 Å². The number of piperidine rings is 1. The molecule has 0 saturated carbocycles. The van der Waals surface area contributed by atoms with Gasteiger partial charge in [0.1, 0.15) is 11.4 Å². The second kappa shape index (κ2) is 11.3. The van der Waals surface area contributed by atoms with E-state index in [2.05, 4.69) is 25.2 Å². The van der Waals surface area contributed by atoms with Crippen LogP contribution >= 0.6 is 0 Å². The zero-order chi connectivity index (χ0) is 25.6. The number of carboxylic acid groups (broad SMARTS) is 1. The van der Waals surface area contributed by atoms with Crippen LogP contribution in [0.15, 0.2) is 42.5 Å². The molecule has 1 aliphatic rings. The number of likely N-dealkylation sites (N-methyl/N-ethyl adjacent to an activating group) is 1. The van der Waals surface area contributed by atoms with Gasteiger partial charge in [-0.15, -0.1) is 10.2 Å². The number of aromatic nitrogens is 2. The molecule has 0 radical (unpaired) electrons. The van der Waals surface area contributed by atoms with Gasteiger partial charge in [0.15, 0.2) is 5.82 Å². The van der Waals surface area contributed by atoms with E-state index in [0.717, 1.165) is 38.1 Å². The van der Waals surface area contributed by atoms with E-state index in [9.17, 15) is 22.0 Å². The molecule has 2 N–H and O–H groups in total. The van der Waals surface area contributed by atoms with E-state index in [-0.39, 0.29) is 23.8 Å². The number of nitrogens with zero attached hydrogens (tertiary/aromatic N) is 3. The molecule has 1 aromatic heterocycles. The lowest BCUT2D eigenvalue weighted by Gasteiger charge is -2.30. The molecule has 0 aliphatic carbocycles. The summed E-state index contributed by atoms with van der Waals surface area (Å²) in [5.41, 5.74) is -0.920. The number of alkyl halides is 5. The molecular formula is C23H23F5N4O3. The van der Waals surface area contributed by atoms with E-state index in [1.165, 1.54) is 0 Å². The molecule has 4 rings (SSSR count). The highest BCUT2D eigenvalue weighted by molar-refractivity contribution is 6.01. The summed E-state index contributed by atoms with van der Waals surface area (Å²) in [6.07, 6.45) is -2.70. The van der Waals surface area contributed by atoms with Crippen molar-refractivity contribution in [3.8, 4) is 17.0 Å². The van der Waals surface area contributed by atoms with Gasteiger partial charge >= 0.3 is 12.8 Å². The smallest absolute Gasteiger partial charge is 0.416 e. The van der Waals surface area contributed by atoms with Gasteiger partial charge in [0.05, 0.1) is 5.56 Å². The normalized spacial score (nSPS) is 16.5. The molecular weight excluding hydrogens is 475 g/mol. The quantitative estimate of drug-likeness (QED) is 0.373. The highest BCUT2D eigenvalue weighted by Gasteiger charge is 2.32. The van der Waals surface area contributed by atoms with Crippen molar-refractivity contribution in [3.63, 3.8) is 0 Å². The first kappa shape index (κ1) is 26.1. The zero-order valence-electron chi connectivity index (χ0n) is 18.6. The fraction of sp³-hybridized carbons (Fsp3) is 0.348. The molecule has 1 fully saturated rings. The van der Waals surface area contributed by atoms with Gasteiger partial charge in [-0.2, -0.15) is 22.0 Å². The summed E-state index contributed by atoms with van der Waals surface area (Å²) in [4.78, 5) is 10.6. The number of fused-ring (bicyclic) bond motifs is 1. The molecule has 2 heterocycles. The number of nitrogens with one attached hydrogen (secondary N) is 1. The molecule has 2 aromatic carbocycles. The SMILES string of the molecule is CN1CCC[C@@H](Nc2nnc(-c3ccc(C(F)(F)F)cc3OC(F)F)c3ccccc23)C1.O=CO. The largest absolute Gasteiger partial charge is 0.483 e. The maximum atomic E-state index is 13.1. The Bertz CT molecular complexity index is 1160. The van der Waals surface area contributed by atoms with Gasteiger partial charge < -0.3 is 20.1 Å². The molecule has 7 nitrogen and oxygen atoms in total. The van der Waals surface area contributed by atoms with E-state index in [0.29, 0.717) is 22.7 Å². The van der Waals surface area contributed by atoms with Gasteiger partial charge in [0.2, 0.25) is 0 Å². The topological polar surface area (TPSA) is 87.6 Å². The van der Waals surface area contributed by atoms with Crippen molar-refractivity contribution in [1.82, 2.24) is 15.1 Å². The Morgan fingerprint density at radius 3 is 2.49 bits per heavy atom. The Morgan fingerprint density at radius 1 is 1.17 bits per heavy atom. The zero-order valence-corrected chi connectivity index (χ0v) is 18.6. The summed E-state index contributed by atoms with van der Waals surface area (Å²) in [5.74, 6) is -0.0724. The van der Waals surface area contributed by atoms with Crippen molar-refractivity contribution >= 4 is 23.1 Å². The summed E-state index contributed by atoms with van der Waals surface area (Å²) in [7, 11) is 2.04. The third-order valence-corrected chi connectivity index (χ3v) is 5.43. The average Bonchev–Trinajstić information content (AvgIpc) is 2.79. The Hall–Kier alpha value is -3.54. The Morgan fingerprint density at radius 2 is 1.86 bits per heavy atom. The van der Waals surface area contributed by atoms with Crippen LogP contribution in [0.25, 0.3) is 22.0 Å². The van der Waals surface area contributed by atoms with Gasteiger partial charge in [-0.1, -0.05) is 24.3 Å². The molecule has 1 saturated heterocycles. The first-order valence-corrected chi connectivity index (χ1v) is 10.6. The van der Waals surface area contributed by atoms with Crippen LogP contribution in [0.1, 0.15) is 18.4 Å². The second-order valence-electron chi connectivity index (χ2n) is 7.88. The Kier molecular flexibility index (Phi) is 8.39. The van der Waals surface area contributed by atoms with Crippen LogP contribution in [0.3, 0.4) is 0 Å². The van der Waals surface area contributed by atoms with Gasteiger partial charge in [0.25, 0.3) is 6.47 Å². The van der Waals surface area contributed by atoms with Crippen LogP contribution in [-0.4, -0.2) is 59.5 Å². The highest BCUT2D eigenvalue weighted by Crippen LogP contribution is 2.40. The molecule has 0 amide bonds. The first-order chi connectivity index (χ1) is 16.6. The summed E-state index contributed by atoms with van der Waals surface area (Å²) >= 11 is 0. The van der Waals surface area contributed by atoms with Crippen LogP contribution in [0.4, 0.5) is 27.8 Å². The fourth-order valence-electron chi connectivity index (χ4n) is 3.97. The number of anilines is 1. The lowest BCUT2D eigenvalue weighted by molar-refractivity contribution is -0.138. The van der Waals surface area contributed by atoms with Crippen molar-refractivity contribution in [2.75, 3.05) is 25.5 Å². The van der Waals surface area contributed by atoms with Crippen molar-refractivity contribution in [2.24, 2.45) is 0 Å². The van der Waals surface area contributed by atoms with Crippen LogP contribution in [0.5, 0.6) is 5.75 Å². The van der Waals surface area contributed by atoms with Crippen molar-refractivity contribution in [2.45, 2.75) is 31.7 Å². The van der Waals surface area contributed by atoms with Crippen LogP contribution in [0.2, 0.25) is 0 Å². The minimum Gasteiger partial charge on any atom is -0.483 e. The van der Waals surface area contributed by atoms with Crippen molar-refractivity contribution in [3.05, 3.63) is 48.0 Å². The minimum absolute atomic E-state index is 0.00551. The monoisotopic (exact) mass is 498 g/mol. The van der Waals surface area contributed by atoms with Gasteiger partial charge in [0, 0.05) is 28.9 Å². The van der Waals surface area contributed by atoms with Crippen molar-refractivity contribution in [1.29, 1.82) is 0 Å². The summed E-state index contributed by atoms with van der Waals surface area (Å²) in [5, 5.41) is 20.0. The number of likely N-dealkylation sites (tertiary alicyclic amines) is 1. The fourth-order valence-corrected chi connectivity index (χ4v) is 3.97. The summed E-state index contributed by atoms with van der Waals surface area (Å²) in [6, 6.07) is 9.69. The molecule has 12 heteroatoms. The Labute approximate surface area is 197 Å². The van der Waals surface area contributed by atoms with Crippen LogP contribution in [0, 0.1) is 0 Å². The second-order valence-corrected chi connectivity index (χ2v) is 7.88. The van der Waals surface area contributed by atoms with Gasteiger partial charge in [-0.3, -0.25) is 4.79 Å². The number of benzene rings is 2. The molecule has 188 valence electrons. The Balaban J connectivity index is 0.00000108. The standard InChI is InChI=1S/C22H21F5N4O.CH2O2/c1-31-10-4-5-14(12-31)28-20-16-7-3-2-6-15(16)19(29-30-20)17-9-8-13(22(25,26)27)11-18(17)32-21(23)24;2-1-3/h2-3,6-9,11,14,21H,4-5,10,12H2,1H3,(H,28,30);1H,(H,2,3)/t14-;/m1./s1. The minimum atomic E-state index is -4.70. The third kappa shape index (κ3) is 6.53. The molecule has 0 unspecified atom stereocenters. The van der Waals surface area contributed by atoms with E-state index in [1.54, 1.807) is 24.3 Å². The number of rotatable bonds is 5. The lowest BCUT2D eigenvalue weighted by atomic mass is 10.0. The third-order valence-electron chi connectivity index (χ3n) is 5.43. The number of hydrogen-bond donors (Lipinski definition) is 2. The molecule has 0 spiro atoms. The summed E-state index contributed by atoms with van der Waals surface area (Å²) < 4.78 is 69.7. The summed E-state index contributed by atoms with van der Waals surface area (Å²) in [6.45, 7) is -1.69. The maximum Gasteiger partial charge on any atom is 0.416 e. The van der Waals surface area contributed by atoms with E-state index < -0.39 is 24.1 Å². The molecule has 1 aliphatic heterocycles. The molecule has 0 bridgehead atoms. The number of carbonyl (C=O) groups is 1. The molecule has 1 atom stereocenters. The molecule has 35 heavy (non-hydrogen) atoms. The number of halogens is 5. The number of hydrogen-bond acceptors (Lipinski definition) is 6. The van der Waals surface area contributed by atoms with Crippen molar-refractivity contribution < 1.29 is 36.6 Å². The maximum absolute atomic E-state index is 13.1. The lowest BCUT2D eigenvalue weighted by Crippen LogP contribution is -2.40. The van der Waals surface area contributed by atoms with E-state index in [1.807, 2.05) is 7.05 Å². The van der Waals surface area contributed by atoms with Gasteiger partial charge in [-0.05, 0) is 44.6 Å². The van der Waals surface area contributed by atoms with Crippen LogP contribution < -0.4 is 10.1 Å². The molecule has 3 aromatic rings. The average molecular weight is 498 g/mol. The predicted octanol–water partition coefficient (Wildman–Crippen LogP) is 5.12. The predicted molar refractivity (Wildman–Crippen MR) is 119 cm³/mol. The van der Waals surface area contributed by atoms with E-state index in [4.69, 9.17) is 9.90 Å².